The van der Waals surface area contributed by atoms with Crippen LogP contribution in [0.4, 0.5) is 5.82 Å². The average molecular weight is 264 g/mol. The number of nitrogens with one attached hydrogen (secondary N) is 1. The third-order valence-electron chi connectivity index (χ3n) is 3.35. The topological polar surface area (TPSA) is 50.7 Å². The second kappa shape index (κ2) is 5.25. The van der Waals surface area contributed by atoms with Crippen LogP contribution in [0.5, 0.6) is 0 Å². The van der Waals surface area contributed by atoms with E-state index in [1.807, 2.05) is 31.5 Å². The molecule has 0 aliphatic rings. The van der Waals surface area contributed by atoms with E-state index in [1.165, 1.54) is 0 Å². The number of benzene rings is 1. The first-order valence-electron chi connectivity index (χ1n) is 6.70. The van der Waals surface area contributed by atoms with E-state index < -0.39 is 0 Å². The Kier molecular flexibility index (Phi) is 3.29. The predicted molar refractivity (Wildman–Crippen MR) is 81.7 cm³/mol. The van der Waals surface area contributed by atoms with Crippen LogP contribution < -0.4 is 5.32 Å². The van der Waals surface area contributed by atoms with Gasteiger partial charge in [0.05, 0.1) is 5.69 Å². The van der Waals surface area contributed by atoms with Crippen molar-refractivity contribution >= 4 is 16.6 Å². The van der Waals surface area contributed by atoms with Crippen LogP contribution in [0.25, 0.3) is 22.0 Å². The number of anilines is 1. The number of fused-ring (bicyclic) bond motifs is 1. The maximum Gasteiger partial charge on any atom is 0.132 e. The molecule has 0 spiro atoms. The molecule has 100 valence electrons. The molecule has 0 saturated carbocycles. The van der Waals surface area contributed by atoms with E-state index in [0.29, 0.717) is 0 Å². The van der Waals surface area contributed by atoms with Gasteiger partial charge in [-0.1, -0.05) is 24.3 Å². The van der Waals surface area contributed by atoms with E-state index >= 15 is 0 Å². The lowest BCUT2D eigenvalue weighted by molar-refractivity contribution is 1.09. The van der Waals surface area contributed by atoms with E-state index in [-0.39, 0.29) is 0 Å². The summed E-state index contributed by atoms with van der Waals surface area (Å²) < 4.78 is 0. The van der Waals surface area contributed by atoms with Crippen LogP contribution in [0.15, 0.2) is 43.0 Å². The molecular weight excluding hydrogens is 248 g/mol. The van der Waals surface area contributed by atoms with Gasteiger partial charge in [-0.25, -0.2) is 9.97 Å². The summed E-state index contributed by atoms with van der Waals surface area (Å²) >= 11 is 0. The number of aromatic nitrogens is 3. The smallest absolute Gasteiger partial charge is 0.132 e. The maximum absolute atomic E-state index is 4.45. The van der Waals surface area contributed by atoms with Crippen LogP contribution in [-0.4, -0.2) is 21.5 Å². The number of nitrogens with zero attached hydrogens (tertiary/aromatic N) is 3. The van der Waals surface area contributed by atoms with Gasteiger partial charge in [-0.2, -0.15) is 0 Å². The summed E-state index contributed by atoms with van der Waals surface area (Å²) in [5.74, 6) is 0.880. The van der Waals surface area contributed by atoms with Crippen molar-refractivity contribution in [1.82, 2.24) is 15.0 Å². The van der Waals surface area contributed by atoms with Crippen LogP contribution in [0, 0.1) is 6.92 Å². The van der Waals surface area contributed by atoms with Gasteiger partial charge in [0, 0.05) is 35.5 Å². The Morgan fingerprint density at radius 1 is 1.10 bits per heavy atom. The van der Waals surface area contributed by atoms with Crippen molar-refractivity contribution in [3.05, 3.63) is 48.5 Å². The summed E-state index contributed by atoms with van der Waals surface area (Å²) in [6.07, 6.45) is 5.34. The molecule has 3 rings (SSSR count). The highest BCUT2D eigenvalue weighted by atomic mass is 15.0. The van der Waals surface area contributed by atoms with Crippen molar-refractivity contribution in [1.29, 1.82) is 0 Å². The zero-order chi connectivity index (χ0) is 13.9. The van der Waals surface area contributed by atoms with Crippen molar-refractivity contribution < 1.29 is 0 Å². The Morgan fingerprint density at radius 2 is 1.95 bits per heavy atom. The minimum Gasteiger partial charge on any atom is -0.370 e. The molecule has 20 heavy (non-hydrogen) atoms. The van der Waals surface area contributed by atoms with Crippen LogP contribution in [0.3, 0.4) is 0 Å². The van der Waals surface area contributed by atoms with Crippen LogP contribution in [0.1, 0.15) is 12.5 Å². The number of hydrogen-bond acceptors (Lipinski definition) is 4. The van der Waals surface area contributed by atoms with Crippen LogP contribution in [0.2, 0.25) is 0 Å². The predicted octanol–water partition coefficient (Wildman–Crippen LogP) is 3.43. The van der Waals surface area contributed by atoms with Gasteiger partial charge in [0.25, 0.3) is 0 Å². The highest BCUT2D eigenvalue weighted by Gasteiger charge is 2.11. The lowest BCUT2D eigenvalue weighted by Gasteiger charge is -2.11. The first-order chi connectivity index (χ1) is 9.81. The third kappa shape index (κ3) is 2.09. The van der Waals surface area contributed by atoms with E-state index in [4.69, 9.17) is 0 Å². The van der Waals surface area contributed by atoms with Gasteiger partial charge in [0.1, 0.15) is 12.1 Å². The largest absolute Gasteiger partial charge is 0.370 e. The molecule has 3 aromatic rings. The fourth-order valence-electron chi connectivity index (χ4n) is 2.37. The average Bonchev–Trinajstić information content (AvgIpc) is 2.49. The molecule has 4 heteroatoms. The zero-order valence-corrected chi connectivity index (χ0v) is 11.6. The van der Waals surface area contributed by atoms with Crippen molar-refractivity contribution in [2.75, 3.05) is 11.9 Å². The molecule has 0 saturated heterocycles. The van der Waals surface area contributed by atoms with Gasteiger partial charge < -0.3 is 5.32 Å². The van der Waals surface area contributed by atoms with Crippen LogP contribution >= 0.6 is 0 Å². The van der Waals surface area contributed by atoms with Gasteiger partial charge in [-0.15, -0.1) is 0 Å². The maximum atomic E-state index is 4.45. The molecule has 0 fully saturated rings. The second-order valence-electron chi connectivity index (χ2n) is 4.63. The Hall–Kier alpha value is -2.49. The monoisotopic (exact) mass is 264 g/mol. The summed E-state index contributed by atoms with van der Waals surface area (Å²) in [7, 11) is 0. The quantitative estimate of drug-likeness (QED) is 0.787. The van der Waals surface area contributed by atoms with E-state index in [9.17, 15) is 0 Å². The SMILES string of the molecule is CCNc1ncnc(-c2cncc3ccccc23)c1C. The highest BCUT2D eigenvalue weighted by molar-refractivity contribution is 5.95. The highest BCUT2D eigenvalue weighted by Crippen LogP contribution is 2.30. The summed E-state index contributed by atoms with van der Waals surface area (Å²) in [6.45, 7) is 4.93. The van der Waals surface area contributed by atoms with E-state index in [1.54, 1.807) is 6.33 Å². The second-order valence-corrected chi connectivity index (χ2v) is 4.63. The molecule has 1 N–H and O–H groups in total. The molecule has 0 amide bonds. The molecule has 0 bridgehead atoms. The normalized spacial score (nSPS) is 10.7. The zero-order valence-electron chi connectivity index (χ0n) is 11.6. The number of pyridine rings is 1. The minimum atomic E-state index is 0.838. The van der Waals surface area contributed by atoms with Crippen molar-refractivity contribution in [3.8, 4) is 11.3 Å². The summed E-state index contributed by atoms with van der Waals surface area (Å²) in [5.41, 5.74) is 3.02. The van der Waals surface area contributed by atoms with Gasteiger partial charge in [-0.3, -0.25) is 4.98 Å². The Labute approximate surface area is 117 Å². The van der Waals surface area contributed by atoms with Gasteiger partial charge >= 0.3 is 0 Å². The molecule has 2 aromatic heterocycles. The lowest BCUT2D eigenvalue weighted by atomic mass is 10.0. The van der Waals surface area contributed by atoms with Gasteiger partial charge in [-0.05, 0) is 19.2 Å². The first-order valence-corrected chi connectivity index (χ1v) is 6.70. The van der Waals surface area contributed by atoms with Crippen LogP contribution in [-0.2, 0) is 0 Å². The summed E-state index contributed by atoms with van der Waals surface area (Å²) in [4.78, 5) is 13.1. The molecule has 0 atom stereocenters. The standard InChI is InChI=1S/C16H16N4/c1-3-18-16-11(2)15(19-10-20-16)14-9-17-8-12-6-4-5-7-13(12)14/h4-10H,3H2,1-2H3,(H,18,19,20). The van der Waals surface area contributed by atoms with Crippen molar-refractivity contribution in [2.45, 2.75) is 13.8 Å². The van der Waals surface area contributed by atoms with Crippen molar-refractivity contribution in [3.63, 3.8) is 0 Å². The van der Waals surface area contributed by atoms with Gasteiger partial charge in [0.15, 0.2) is 0 Å². The molecule has 0 aliphatic carbocycles. The van der Waals surface area contributed by atoms with Crippen molar-refractivity contribution in [2.24, 2.45) is 0 Å². The van der Waals surface area contributed by atoms with E-state index in [0.717, 1.165) is 40.0 Å². The molecule has 0 unspecified atom stereocenters. The summed E-state index contributed by atoms with van der Waals surface area (Å²) in [6, 6.07) is 8.21. The van der Waals surface area contributed by atoms with E-state index in [2.05, 4.69) is 39.3 Å². The summed E-state index contributed by atoms with van der Waals surface area (Å²) in [5, 5.41) is 5.54. The third-order valence-corrected chi connectivity index (χ3v) is 3.35. The number of hydrogen-bond donors (Lipinski definition) is 1. The Balaban J connectivity index is 2.23. The lowest BCUT2D eigenvalue weighted by Crippen LogP contribution is -2.04. The fourth-order valence-corrected chi connectivity index (χ4v) is 2.37. The molecule has 2 heterocycles. The van der Waals surface area contributed by atoms with Gasteiger partial charge in [0.2, 0.25) is 0 Å². The number of rotatable bonds is 3. The molecule has 0 radical (unpaired) electrons. The fraction of sp³-hybridized carbons (Fsp3) is 0.188. The first kappa shape index (κ1) is 12.5. The molecule has 0 aliphatic heterocycles. The molecule has 1 aromatic carbocycles. The minimum absolute atomic E-state index is 0.838. The molecule has 4 nitrogen and oxygen atoms in total. The molecular formula is C16H16N4. The Bertz CT molecular complexity index is 747. The Morgan fingerprint density at radius 3 is 2.80 bits per heavy atom.